The molecule has 3 heterocycles. The van der Waals surface area contributed by atoms with Crippen molar-refractivity contribution in [3.05, 3.63) is 135 Å². The quantitative estimate of drug-likeness (QED) is 0.189. The fourth-order valence-corrected chi connectivity index (χ4v) is 6.48. The Morgan fingerprint density at radius 3 is 2.37 bits per heavy atom. The Balaban J connectivity index is 1.10. The first-order valence-electron chi connectivity index (χ1n) is 14.9. The first kappa shape index (κ1) is 29.6. The Labute approximate surface area is 274 Å². The second-order valence-corrected chi connectivity index (χ2v) is 12.3. The number of carbonyl (C=O) groups is 3. The second kappa shape index (κ2) is 12.3. The lowest BCUT2D eigenvalue weighted by Crippen LogP contribution is -2.33. The standard InChI is InChI=1S/C37H29BrN4O4/c1-41-21-24(19-23-7-6-8-25(38)20-23)34-31(22-41)33(30-11-4-5-12-32(30)40-34)35(43)39-26-13-15-27(16-14-26)46-18-17-42-36(44)28-9-2-3-10-29(28)37(42)45/h2-16,19-20H,17-18,21-22H2,1H3,(H,39,43)/b24-19-. The molecule has 3 amide bonds. The van der Waals surface area contributed by atoms with E-state index < -0.39 is 0 Å². The zero-order valence-corrected chi connectivity index (χ0v) is 26.6. The van der Waals surface area contributed by atoms with Crippen LogP contribution in [0.1, 0.15) is 47.9 Å². The average molecular weight is 674 g/mol. The normalized spacial score (nSPS) is 15.3. The minimum Gasteiger partial charge on any atom is -0.492 e. The summed E-state index contributed by atoms with van der Waals surface area (Å²) >= 11 is 3.56. The van der Waals surface area contributed by atoms with Gasteiger partial charge in [-0.3, -0.25) is 24.2 Å². The smallest absolute Gasteiger partial charge is 0.261 e. The van der Waals surface area contributed by atoms with Crippen LogP contribution < -0.4 is 10.1 Å². The van der Waals surface area contributed by atoms with E-state index in [1.165, 1.54) is 4.90 Å². The highest BCUT2D eigenvalue weighted by molar-refractivity contribution is 9.10. The van der Waals surface area contributed by atoms with Gasteiger partial charge in [-0.25, -0.2) is 4.98 Å². The third kappa shape index (κ3) is 5.71. The molecule has 0 fully saturated rings. The lowest BCUT2D eigenvalue weighted by atomic mass is 9.91. The van der Waals surface area contributed by atoms with Crippen molar-refractivity contribution in [3.63, 3.8) is 0 Å². The summed E-state index contributed by atoms with van der Waals surface area (Å²) < 4.78 is 6.84. The van der Waals surface area contributed by atoms with Gasteiger partial charge in [0.05, 0.1) is 34.4 Å². The van der Waals surface area contributed by atoms with Crippen LogP contribution in [0.25, 0.3) is 22.6 Å². The number of halogens is 1. The molecule has 0 radical (unpaired) electrons. The Hall–Kier alpha value is -5.12. The van der Waals surface area contributed by atoms with Crippen LogP contribution in [0, 0.1) is 0 Å². The van der Waals surface area contributed by atoms with Crippen LogP contribution in [0.15, 0.2) is 102 Å². The highest BCUT2D eigenvalue weighted by atomic mass is 79.9. The van der Waals surface area contributed by atoms with Crippen molar-refractivity contribution in [1.29, 1.82) is 0 Å². The van der Waals surface area contributed by atoms with Gasteiger partial charge in [-0.1, -0.05) is 58.4 Å². The predicted molar refractivity (Wildman–Crippen MR) is 182 cm³/mol. The predicted octanol–water partition coefficient (Wildman–Crippen LogP) is 6.91. The number of anilines is 1. The number of benzene rings is 4. The Bertz CT molecular complexity index is 2020. The van der Waals surface area contributed by atoms with Gasteiger partial charge in [0.15, 0.2) is 0 Å². The van der Waals surface area contributed by atoms with E-state index in [1.54, 1.807) is 48.5 Å². The minimum absolute atomic E-state index is 0.136. The minimum atomic E-state index is -0.310. The molecule has 9 heteroatoms. The largest absolute Gasteiger partial charge is 0.492 e. The van der Waals surface area contributed by atoms with Gasteiger partial charge < -0.3 is 10.1 Å². The number of nitrogens with one attached hydrogen (secondary N) is 1. The summed E-state index contributed by atoms with van der Waals surface area (Å²) in [7, 11) is 2.04. The van der Waals surface area contributed by atoms with E-state index in [0.717, 1.165) is 37.8 Å². The van der Waals surface area contributed by atoms with Gasteiger partial charge in [0.2, 0.25) is 0 Å². The molecule has 8 nitrogen and oxygen atoms in total. The monoisotopic (exact) mass is 672 g/mol. The first-order valence-corrected chi connectivity index (χ1v) is 15.7. The molecule has 4 aromatic carbocycles. The third-order valence-electron chi connectivity index (χ3n) is 8.16. The van der Waals surface area contributed by atoms with Crippen LogP contribution in [0.5, 0.6) is 5.75 Å². The summed E-state index contributed by atoms with van der Waals surface area (Å²) in [4.78, 5) is 47.7. The van der Waals surface area contributed by atoms with E-state index in [9.17, 15) is 14.4 Å². The van der Waals surface area contributed by atoms with Gasteiger partial charge in [-0.15, -0.1) is 0 Å². The molecule has 2 aliphatic heterocycles. The van der Waals surface area contributed by atoms with E-state index in [2.05, 4.69) is 44.4 Å². The molecule has 0 atom stereocenters. The number of ether oxygens (including phenoxy) is 1. The van der Waals surface area contributed by atoms with Crippen LogP contribution in [0.4, 0.5) is 5.69 Å². The zero-order chi connectivity index (χ0) is 31.8. The van der Waals surface area contributed by atoms with Gasteiger partial charge in [0.1, 0.15) is 12.4 Å². The molecule has 1 aromatic heterocycles. The number of fused-ring (bicyclic) bond motifs is 3. The van der Waals surface area contributed by atoms with E-state index in [1.807, 2.05) is 43.4 Å². The molecule has 2 aliphatic rings. The van der Waals surface area contributed by atoms with Crippen LogP contribution in [0.3, 0.4) is 0 Å². The van der Waals surface area contributed by atoms with Crippen LogP contribution >= 0.6 is 15.9 Å². The lowest BCUT2D eigenvalue weighted by Gasteiger charge is -2.29. The van der Waals surface area contributed by atoms with Crippen LogP contribution in [-0.4, -0.2) is 59.2 Å². The fourth-order valence-electron chi connectivity index (χ4n) is 6.06. The van der Waals surface area contributed by atoms with Crippen LogP contribution in [0.2, 0.25) is 0 Å². The molecule has 228 valence electrons. The van der Waals surface area contributed by atoms with E-state index in [0.29, 0.717) is 41.2 Å². The van der Waals surface area contributed by atoms with Gasteiger partial charge in [0, 0.05) is 34.2 Å². The highest BCUT2D eigenvalue weighted by Gasteiger charge is 2.34. The lowest BCUT2D eigenvalue weighted by molar-refractivity contribution is 0.0631. The number of aromatic nitrogens is 1. The number of amides is 3. The maximum absolute atomic E-state index is 14.0. The van der Waals surface area contributed by atoms with E-state index in [-0.39, 0.29) is 30.9 Å². The molecule has 46 heavy (non-hydrogen) atoms. The maximum atomic E-state index is 14.0. The topological polar surface area (TPSA) is 91.8 Å². The summed E-state index contributed by atoms with van der Waals surface area (Å²) in [6, 6.07) is 29.7. The van der Waals surface area contributed by atoms with E-state index in [4.69, 9.17) is 9.72 Å². The molecule has 0 saturated heterocycles. The van der Waals surface area contributed by atoms with Gasteiger partial charge in [-0.2, -0.15) is 0 Å². The number of imide groups is 1. The highest BCUT2D eigenvalue weighted by Crippen LogP contribution is 2.34. The molecule has 0 bridgehead atoms. The summed E-state index contributed by atoms with van der Waals surface area (Å²) in [6.45, 7) is 1.58. The molecule has 0 unspecified atom stereocenters. The third-order valence-corrected chi connectivity index (χ3v) is 8.65. The van der Waals surface area contributed by atoms with Crippen molar-refractivity contribution in [2.24, 2.45) is 0 Å². The Morgan fingerprint density at radius 2 is 1.63 bits per heavy atom. The molecular weight excluding hydrogens is 644 g/mol. The van der Waals surface area contributed by atoms with E-state index >= 15 is 0 Å². The summed E-state index contributed by atoms with van der Waals surface area (Å²) in [5, 5.41) is 3.87. The Morgan fingerprint density at radius 1 is 0.913 bits per heavy atom. The van der Waals surface area contributed by atoms with Crippen molar-refractivity contribution >= 4 is 61.9 Å². The number of para-hydroxylation sites is 1. The van der Waals surface area contributed by atoms with Crippen molar-refractivity contribution in [1.82, 2.24) is 14.8 Å². The number of nitrogens with zero attached hydrogens (tertiary/aromatic N) is 3. The van der Waals surface area contributed by atoms with Crippen molar-refractivity contribution in [3.8, 4) is 5.75 Å². The SMILES string of the molecule is CN1C/C(=C/c2cccc(Br)c2)c2nc3ccccc3c(C(=O)Nc3ccc(OCCN4C(=O)c5ccccc5C4=O)cc3)c2C1. The van der Waals surface area contributed by atoms with Gasteiger partial charge in [-0.05, 0) is 78.9 Å². The van der Waals surface area contributed by atoms with Gasteiger partial charge >= 0.3 is 0 Å². The Kier molecular flexibility index (Phi) is 7.94. The number of likely N-dealkylation sites (N-methyl/N-ethyl adjacent to an activating group) is 1. The molecule has 5 aromatic rings. The van der Waals surface area contributed by atoms with Crippen LogP contribution in [-0.2, 0) is 6.54 Å². The average Bonchev–Trinajstić information content (AvgIpc) is 3.29. The summed E-state index contributed by atoms with van der Waals surface area (Å²) in [6.07, 6.45) is 2.13. The van der Waals surface area contributed by atoms with Gasteiger partial charge in [0.25, 0.3) is 17.7 Å². The molecule has 0 spiro atoms. The van der Waals surface area contributed by atoms with Crippen molar-refractivity contribution < 1.29 is 19.1 Å². The number of pyridine rings is 1. The first-order chi connectivity index (χ1) is 22.4. The molecule has 0 saturated carbocycles. The number of hydrogen-bond donors (Lipinski definition) is 1. The number of rotatable bonds is 7. The number of carbonyl (C=O) groups excluding carboxylic acids is 3. The summed E-state index contributed by atoms with van der Waals surface area (Å²) in [5.41, 5.74) is 6.64. The zero-order valence-electron chi connectivity index (χ0n) is 25.0. The maximum Gasteiger partial charge on any atom is 0.261 e. The fraction of sp³-hybridized carbons (Fsp3) is 0.135. The molecule has 1 N–H and O–H groups in total. The molecule has 7 rings (SSSR count). The van der Waals surface area contributed by atoms with Crippen molar-refractivity contribution in [2.45, 2.75) is 6.54 Å². The molecule has 0 aliphatic carbocycles. The molecular formula is C37H29BrN4O4. The second-order valence-electron chi connectivity index (χ2n) is 11.4. The van der Waals surface area contributed by atoms with Crippen molar-refractivity contribution in [2.75, 3.05) is 32.1 Å². The summed E-state index contributed by atoms with van der Waals surface area (Å²) in [5.74, 6) is -0.276. The number of hydrogen-bond acceptors (Lipinski definition) is 6.